The molecule has 0 radical (unpaired) electrons. The molecule has 0 aliphatic heterocycles. The summed E-state index contributed by atoms with van der Waals surface area (Å²) >= 11 is 0. The second kappa shape index (κ2) is 4.79. The largest absolute Gasteiger partial charge is 0.281 e. The summed E-state index contributed by atoms with van der Waals surface area (Å²) in [6.45, 7) is -0.0304. The van der Waals surface area contributed by atoms with Crippen molar-refractivity contribution in [3.63, 3.8) is 0 Å². The minimum absolute atomic E-state index is 0.0304. The van der Waals surface area contributed by atoms with Crippen molar-refractivity contribution in [1.82, 2.24) is 24.8 Å². The Morgan fingerprint density at radius 1 is 1.43 bits per heavy atom. The molecule has 0 amide bonds. The zero-order chi connectivity index (χ0) is 15.0. The Labute approximate surface area is 117 Å². The summed E-state index contributed by atoms with van der Waals surface area (Å²) in [7, 11) is 1.65. The Bertz CT molecular complexity index is 936. The number of benzene rings is 1. The minimum Gasteiger partial charge on any atom is -0.267 e. The normalized spacial score (nSPS) is 10.7. The lowest BCUT2D eigenvalue weighted by atomic mass is 10.1. The smallest absolute Gasteiger partial charge is 0.267 e. The van der Waals surface area contributed by atoms with Crippen LogP contribution in [0.1, 0.15) is 11.1 Å². The van der Waals surface area contributed by atoms with Crippen LogP contribution in [-0.2, 0) is 13.6 Å². The van der Waals surface area contributed by atoms with Crippen LogP contribution < -0.4 is 5.56 Å². The van der Waals surface area contributed by atoms with Crippen LogP contribution in [0.4, 0.5) is 4.39 Å². The fourth-order valence-electron chi connectivity index (χ4n) is 2.04. The molecule has 0 N–H and O–H groups in total. The third-order valence-corrected chi connectivity index (χ3v) is 3.13. The lowest BCUT2D eigenvalue weighted by Crippen LogP contribution is -2.25. The van der Waals surface area contributed by atoms with E-state index in [4.69, 9.17) is 5.26 Å². The predicted octanol–water partition coefficient (Wildman–Crippen LogP) is 0.584. The Hall–Kier alpha value is -3.08. The molecule has 3 aromatic rings. The van der Waals surface area contributed by atoms with Crippen molar-refractivity contribution in [2.45, 2.75) is 6.54 Å². The van der Waals surface area contributed by atoms with Gasteiger partial charge in [0.15, 0.2) is 5.65 Å². The van der Waals surface area contributed by atoms with Gasteiger partial charge in [-0.25, -0.2) is 13.8 Å². The van der Waals surface area contributed by atoms with Crippen LogP contribution >= 0.6 is 0 Å². The lowest BCUT2D eigenvalue weighted by molar-refractivity contribution is 0.585. The molecule has 0 bridgehead atoms. The molecule has 1 aromatic carbocycles. The van der Waals surface area contributed by atoms with E-state index in [9.17, 15) is 9.18 Å². The number of hydrogen-bond acceptors (Lipinski definition) is 5. The molecule has 0 aliphatic rings. The lowest BCUT2D eigenvalue weighted by Gasteiger charge is -2.05. The monoisotopic (exact) mass is 284 g/mol. The Balaban J connectivity index is 2.11. The first-order valence-corrected chi connectivity index (χ1v) is 6.04. The van der Waals surface area contributed by atoms with Gasteiger partial charge in [-0.2, -0.15) is 10.4 Å². The average Bonchev–Trinajstić information content (AvgIpc) is 2.84. The van der Waals surface area contributed by atoms with Gasteiger partial charge >= 0.3 is 0 Å². The summed E-state index contributed by atoms with van der Waals surface area (Å²) in [5.74, 6) is -0.479. The number of nitrogens with zero attached hydrogens (tertiary/aromatic N) is 6. The van der Waals surface area contributed by atoms with E-state index in [2.05, 4.69) is 15.4 Å². The Morgan fingerprint density at radius 3 is 3.00 bits per heavy atom. The molecule has 2 heterocycles. The maximum atomic E-state index is 13.3. The third kappa shape index (κ3) is 2.14. The van der Waals surface area contributed by atoms with Crippen LogP contribution in [0.25, 0.3) is 11.0 Å². The quantitative estimate of drug-likeness (QED) is 0.687. The van der Waals surface area contributed by atoms with Gasteiger partial charge in [0.2, 0.25) is 0 Å². The standard InChI is InChI=1S/C13H9FN6O/c1-19-12-11(6-16-19)13(21)20(18-17-12)7-9-4-10(14)3-2-8(9)5-15/h2-4,6H,7H2,1H3. The molecule has 0 unspecified atom stereocenters. The fraction of sp³-hybridized carbons (Fsp3) is 0.154. The van der Waals surface area contributed by atoms with Gasteiger partial charge in [-0.3, -0.25) is 4.79 Å². The summed E-state index contributed by atoms with van der Waals surface area (Å²) in [6, 6.07) is 5.73. The maximum Gasteiger partial charge on any atom is 0.281 e. The summed E-state index contributed by atoms with van der Waals surface area (Å²) in [4.78, 5) is 12.3. The molecule has 8 heteroatoms. The molecular formula is C13H9FN6O. The van der Waals surface area contributed by atoms with Crippen molar-refractivity contribution in [3.05, 3.63) is 51.7 Å². The molecule has 2 aromatic heterocycles. The average molecular weight is 284 g/mol. The third-order valence-electron chi connectivity index (χ3n) is 3.13. The molecular weight excluding hydrogens is 275 g/mol. The molecule has 3 rings (SSSR count). The first-order chi connectivity index (χ1) is 10.1. The number of aromatic nitrogens is 5. The van der Waals surface area contributed by atoms with Gasteiger partial charge in [0, 0.05) is 7.05 Å². The molecule has 0 spiro atoms. The fourth-order valence-corrected chi connectivity index (χ4v) is 2.04. The highest BCUT2D eigenvalue weighted by Crippen LogP contribution is 2.11. The number of nitriles is 1. The van der Waals surface area contributed by atoms with Crippen molar-refractivity contribution in [1.29, 1.82) is 5.26 Å². The maximum absolute atomic E-state index is 13.3. The molecule has 0 saturated carbocycles. The van der Waals surface area contributed by atoms with Crippen molar-refractivity contribution < 1.29 is 4.39 Å². The van der Waals surface area contributed by atoms with E-state index in [1.54, 1.807) is 7.05 Å². The molecule has 104 valence electrons. The van der Waals surface area contributed by atoms with Crippen LogP contribution in [0, 0.1) is 17.1 Å². The topological polar surface area (TPSA) is 89.4 Å². The molecule has 0 aliphatic carbocycles. The van der Waals surface area contributed by atoms with Crippen LogP contribution in [0.5, 0.6) is 0 Å². The number of fused-ring (bicyclic) bond motifs is 1. The van der Waals surface area contributed by atoms with E-state index in [1.807, 2.05) is 6.07 Å². The van der Waals surface area contributed by atoms with E-state index in [1.165, 1.54) is 29.1 Å². The minimum atomic E-state index is -0.479. The van der Waals surface area contributed by atoms with Crippen LogP contribution in [0.2, 0.25) is 0 Å². The second-order valence-corrected chi connectivity index (χ2v) is 4.47. The molecule has 0 saturated heterocycles. The molecule has 7 nitrogen and oxygen atoms in total. The second-order valence-electron chi connectivity index (χ2n) is 4.47. The SMILES string of the molecule is Cn1ncc2c(=O)n(Cc3cc(F)ccc3C#N)nnc21. The summed E-state index contributed by atoms with van der Waals surface area (Å²) < 4.78 is 15.8. The van der Waals surface area contributed by atoms with Crippen molar-refractivity contribution in [2.24, 2.45) is 7.05 Å². The summed E-state index contributed by atoms with van der Waals surface area (Å²) in [5.41, 5.74) is 0.644. The van der Waals surface area contributed by atoms with E-state index in [0.717, 1.165) is 4.68 Å². The Morgan fingerprint density at radius 2 is 2.24 bits per heavy atom. The van der Waals surface area contributed by atoms with Gasteiger partial charge < -0.3 is 0 Å². The van der Waals surface area contributed by atoms with Gasteiger partial charge in [-0.05, 0) is 23.8 Å². The molecule has 0 fully saturated rings. The van der Waals surface area contributed by atoms with Gasteiger partial charge in [0.25, 0.3) is 5.56 Å². The first kappa shape index (κ1) is 12.9. The van der Waals surface area contributed by atoms with Crippen LogP contribution in [-0.4, -0.2) is 24.8 Å². The predicted molar refractivity (Wildman–Crippen MR) is 70.8 cm³/mol. The highest BCUT2D eigenvalue weighted by Gasteiger charge is 2.12. The van der Waals surface area contributed by atoms with Crippen molar-refractivity contribution in [2.75, 3.05) is 0 Å². The number of hydrogen-bond donors (Lipinski definition) is 0. The summed E-state index contributed by atoms with van der Waals surface area (Å²) in [6.07, 6.45) is 1.40. The number of aryl methyl sites for hydroxylation is 1. The van der Waals surface area contributed by atoms with E-state index in [-0.39, 0.29) is 17.7 Å². The van der Waals surface area contributed by atoms with Gasteiger partial charge in [-0.1, -0.05) is 5.21 Å². The first-order valence-electron chi connectivity index (χ1n) is 6.04. The molecule has 0 atom stereocenters. The van der Waals surface area contributed by atoms with Crippen LogP contribution in [0.15, 0.2) is 29.2 Å². The van der Waals surface area contributed by atoms with E-state index < -0.39 is 5.82 Å². The number of halogens is 1. The van der Waals surface area contributed by atoms with Gasteiger partial charge in [0.05, 0.1) is 24.4 Å². The zero-order valence-corrected chi connectivity index (χ0v) is 11.0. The highest BCUT2D eigenvalue weighted by atomic mass is 19.1. The Kier molecular flexibility index (Phi) is 2.95. The van der Waals surface area contributed by atoms with Gasteiger partial charge in [0.1, 0.15) is 11.2 Å². The molecule has 21 heavy (non-hydrogen) atoms. The number of rotatable bonds is 2. The van der Waals surface area contributed by atoms with Crippen LogP contribution in [0.3, 0.4) is 0 Å². The van der Waals surface area contributed by atoms with E-state index >= 15 is 0 Å². The summed E-state index contributed by atoms with van der Waals surface area (Å²) in [5, 5.41) is 21.0. The van der Waals surface area contributed by atoms with Crippen molar-refractivity contribution in [3.8, 4) is 6.07 Å². The highest BCUT2D eigenvalue weighted by molar-refractivity contribution is 5.72. The zero-order valence-electron chi connectivity index (χ0n) is 11.0. The van der Waals surface area contributed by atoms with E-state index in [0.29, 0.717) is 16.6 Å². The van der Waals surface area contributed by atoms with Crippen molar-refractivity contribution >= 4 is 11.0 Å². The van der Waals surface area contributed by atoms with Gasteiger partial charge in [-0.15, -0.1) is 5.10 Å².